The van der Waals surface area contributed by atoms with Gasteiger partial charge in [-0.1, -0.05) is 6.42 Å². The minimum Gasteiger partial charge on any atom is -0.376 e. The Morgan fingerprint density at radius 2 is 2.15 bits per heavy atom. The summed E-state index contributed by atoms with van der Waals surface area (Å²) in [5, 5.41) is 2.69. The van der Waals surface area contributed by atoms with Gasteiger partial charge in [0.25, 0.3) is 0 Å². The molecule has 1 aliphatic heterocycles. The summed E-state index contributed by atoms with van der Waals surface area (Å²) in [7, 11) is 0. The maximum Gasteiger partial charge on any atom is 0.223 e. The third-order valence-corrected chi connectivity index (χ3v) is 2.81. The van der Waals surface area contributed by atoms with Crippen LogP contribution in [0.3, 0.4) is 0 Å². The lowest BCUT2D eigenvalue weighted by Crippen LogP contribution is -2.45. The van der Waals surface area contributed by atoms with Gasteiger partial charge in [0.2, 0.25) is 5.91 Å². The Bertz CT molecular complexity index is 206. The maximum atomic E-state index is 13.0. The second kappa shape index (κ2) is 3.62. The van der Waals surface area contributed by atoms with Crippen molar-refractivity contribution < 1.29 is 13.9 Å². The van der Waals surface area contributed by atoms with E-state index in [1.807, 2.05) is 0 Å². The van der Waals surface area contributed by atoms with Crippen molar-refractivity contribution in [2.75, 3.05) is 13.2 Å². The highest BCUT2D eigenvalue weighted by atomic mass is 19.1. The van der Waals surface area contributed by atoms with E-state index in [1.54, 1.807) is 0 Å². The fraction of sp³-hybridized carbons (Fsp3) is 0.889. The van der Waals surface area contributed by atoms with Gasteiger partial charge in [-0.3, -0.25) is 4.79 Å². The van der Waals surface area contributed by atoms with Crippen molar-refractivity contribution in [3.05, 3.63) is 0 Å². The first-order valence-corrected chi connectivity index (χ1v) is 4.79. The van der Waals surface area contributed by atoms with E-state index in [0.29, 0.717) is 6.61 Å². The lowest BCUT2D eigenvalue weighted by Gasteiger charge is -2.26. The largest absolute Gasteiger partial charge is 0.376 e. The number of halogens is 1. The van der Waals surface area contributed by atoms with Crippen molar-refractivity contribution in [2.45, 2.75) is 31.5 Å². The first-order chi connectivity index (χ1) is 6.27. The number of nitrogens with one attached hydrogen (secondary N) is 1. The summed E-state index contributed by atoms with van der Waals surface area (Å²) in [4.78, 5) is 11.4. The Labute approximate surface area is 76.6 Å². The molecule has 1 N–H and O–H groups in total. The van der Waals surface area contributed by atoms with Crippen LogP contribution in [0.4, 0.5) is 4.39 Å². The van der Waals surface area contributed by atoms with Gasteiger partial charge < -0.3 is 10.1 Å². The molecule has 1 saturated heterocycles. The molecule has 13 heavy (non-hydrogen) atoms. The molecular formula is C9H14FNO2. The number of alkyl halides is 1. The van der Waals surface area contributed by atoms with Crippen LogP contribution in [-0.4, -0.2) is 31.3 Å². The van der Waals surface area contributed by atoms with Crippen LogP contribution in [0.2, 0.25) is 0 Å². The smallest absolute Gasteiger partial charge is 0.223 e. The number of hydrogen-bond acceptors (Lipinski definition) is 2. The summed E-state index contributed by atoms with van der Waals surface area (Å²) >= 11 is 0. The molecule has 1 aliphatic carbocycles. The summed E-state index contributed by atoms with van der Waals surface area (Å²) in [6, 6.07) is -0.409. The first-order valence-electron chi connectivity index (χ1n) is 4.79. The van der Waals surface area contributed by atoms with E-state index in [4.69, 9.17) is 4.74 Å². The number of hydrogen-bond donors (Lipinski definition) is 1. The van der Waals surface area contributed by atoms with E-state index in [1.165, 1.54) is 0 Å². The highest BCUT2D eigenvalue weighted by Crippen LogP contribution is 2.26. The zero-order valence-electron chi connectivity index (χ0n) is 7.46. The monoisotopic (exact) mass is 187 g/mol. The maximum absolute atomic E-state index is 13.0. The average molecular weight is 187 g/mol. The van der Waals surface area contributed by atoms with Gasteiger partial charge in [-0.25, -0.2) is 4.39 Å². The molecule has 2 unspecified atom stereocenters. The second-order valence-corrected chi connectivity index (χ2v) is 3.80. The third-order valence-electron chi connectivity index (χ3n) is 2.81. The predicted molar refractivity (Wildman–Crippen MR) is 45.0 cm³/mol. The van der Waals surface area contributed by atoms with Gasteiger partial charge in [0.1, 0.15) is 6.17 Å². The van der Waals surface area contributed by atoms with Crippen molar-refractivity contribution in [1.29, 1.82) is 0 Å². The van der Waals surface area contributed by atoms with Crippen LogP contribution in [0.1, 0.15) is 19.3 Å². The van der Waals surface area contributed by atoms with Crippen molar-refractivity contribution in [3.8, 4) is 0 Å². The van der Waals surface area contributed by atoms with Crippen LogP contribution >= 0.6 is 0 Å². The van der Waals surface area contributed by atoms with E-state index in [0.717, 1.165) is 19.3 Å². The fourth-order valence-corrected chi connectivity index (χ4v) is 1.63. The van der Waals surface area contributed by atoms with Gasteiger partial charge in [-0.05, 0) is 12.8 Å². The van der Waals surface area contributed by atoms with Crippen molar-refractivity contribution in [3.63, 3.8) is 0 Å². The first kappa shape index (κ1) is 8.94. The SMILES string of the molecule is O=C(NC1COCC1F)C1CCC1. The van der Waals surface area contributed by atoms with E-state index in [9.17, 15) is 9.18 Å². The van der Waals surface area contributed by atoms with Crippen LogP contribution in [0.25, 0.3) is 0 Å². The molecule has 4 heteroatoms. The highest BCUT2D eigenvalue weighted by Gasteiger charge is 2.33. The Balaban J connectivity index is 1.79. The molecule has 2 aliphatic rings. The molecule has 1 heterocycles. The third kappa shape index (κ3) is 1.82. The lowest BCUT2D eigenvalue weighted by molar-refractivity contribution is -0.128. The fourth-order valence-electron chi connectivity index (χ4n) is 1.63. The summed E-state index contributed by atoms with van der Waals surface area (Å²) in [6.07, 6.45) is 2.01. The van der Waals surface area contributed by atoms with Crippen molar-refractivity contribution in [1.82, 2.24) is 5.32 Å². The molecule has 2 fully saturated rings. The Morgan fingerprint density at radius 3 is 2.62 bits per heavy atom. The van der Waals surface area contributed by atoms with Gasteiger partial charge in [0.05, 0.1) is 19.3 Å². The van der Waals surface area contributed by atoms with Crippen LogP contribution in [0.5, 0.6) is 0 Å². The molecule has 2 rings (SSSR count). The van der Waals surface area contributed by atoms with Crippen LogP contribution in [0.15, 0.2) is 0 Å². The van der Waals surface area contributed by atoms with Gasteiger partial charge in [0, 0.05) is 5.92 Å². The van der Waals surface area contributed by atoms with E-state index in [-0.39, 0.29) is 18.4 Å². The molecular weight excluding hydrogens is 173 g/mol. The highest BCUT2D eigenvalue weighted by molar-refractivity contribution is 5.79. The zero-order valence-corrected chi connectivity index (χ0v) is 7.46. The normalized spacial score (nSPS) is 34.2. The van der Waals surface area contributed by atoms with Gasteiger partial charge in [-0.2, -0.15) is 0 Å². The minimum absolute atomic E-state index is 0.00407. The Hall–Kier alpha value is -0.640. The van der Waals surface area contributed by atoms with Gasteiger partial charge in [-0.15, -0.1) is 0 Å². The number of ether oxygens (including phenoxy) is 1. The number of amides is 1. The molecule has 74 valence electrons. The summed E-state index contributed by atoms with van der Waals surface area (Å²) < 4.78 is 17.9. The zero-order chi connectivity index (χ0) is 9.26. The lowest BCUT2D eigenvalue weighted by atomic mass is 9.84. The number of carbonyl (C=O) groups is 1. The van der Waals surface area contributed by atoms with E-state index in [2.05, 4.69) is 5.32 Å². The van der Waals surface area contributed by atoms with Crippen LogP contribution in [-0.2, 0) is 9.53 Å². The molecule has 2 atom stereocenters. The van der Waals surface area contributed by atoms with Crippen LogP contribution in [0, 0.1) is 5.92 Å². The predicted octanol–water partition coefficient (Wildman–Crippen LogP) is 0.640. The Kier molecular flexibility index (Phi) is 2.49. The summed E-state index contributed by atoms with van der Waals surface area (Å²) in [5.74, 6) is 0.136. The average Bonchev–Trinajstić information content (AvgIpc) is 2.32. The van der Waals surface area contributed by atoms with Gasteiger partial charge in [0.15, 0.2) is 0 Å². The second-order valence-electron chi connectivity index (χ2n) is 3.80. The molecule has 0 spiro atoms. The number of carbonyl (C=O) groups excluding carboxylic acids is 1. The van der Waals surface area contributed by atoms with Crippen molar-refractivity contribution >= 4 is 5.91 Å². The number of rotatable bonds is 2. The van der Waals surface area contributed by atoms with E-state index >= 15 is 0 Å². The molecule has 3 nitrogen and oxygen atoms in total. The molecule has 1 saturated carbocycles. The van der Waals surface area contributed by atoms with Crippen LogP contribution < -0.4 is 5.32 Å². The van der Waals surface area contributed by atoms with E-state index < -0.39 is 12.2 Å². The summed E-state index contributed by atoms with van der Waals surface area (Å²) in [5.41, 5.74) is 0. The molecule has 0 bridgehead atoms. The molecule has 0 aromatic rings. The molecule has 0 aromatic carbocycles. The topological polar surface area (TPSA) is 38.3 Å². The Morgan fingerprint density at radius 1 is 1.38 bits per heavy atom. The molecule has 0 aromatic heterocycles. The quantitative estimate of drug-likeness (QED) is 0.689. The summed E-state index contributed by atoms with van der Waals surface area (Å²) in [6.45, 7) is 0.440. The van der Waals surface area contributed by atoms with Crippen molar-refractivity contribution in [2.24, 2.45) is 5.92 Å². The standard InChI is InChI=1S/C9H14FNO2/c10-7-4-13-5-8(7)11-9(12)6-2-1-3-6/h6-8H,1-5H2,(H,11,12). The van der Waals surface area contributed by atoms with Gasteiger partial charge >= 0.3 is 0 Å². The molecule has 0 radical (unpaired) electrons. The minimum atomic E-state index is -1.02. The molecule has 1 amide bonds.